The maximum absolute atomic E-state index is 12.3. The summed E-state index contributed by atoms with van der Waals surface area (Å²) >= 11 is 5.90. The molecule has 23 heavy (non-hydrogen) atoms. The number of hydrogen-bond donors (Lipinski definition) is 1. The number of carbonyl (C=O) groups excluding carboxylic acids is 1. The summed E-state index contributed by atoms with van der Waals surface area (Å²) in [5.41, 5.74) is 1.10. The summed E-state index contributed by atoms with van der Waals surface area (Å²) in [4.78, 5) is 24.3. The van der Waals surface area contributed by atoms with Gasteiger partial charge in [-0.3, -0.25) is 14.0 Å². The van der Waals surface area contributed by atoms with Crippen LogP contribution in [-0.2, 0) is 17.9 Å². The number of rotatable bonds is 4. The van der Waals surface area contributed by atoms with E-state index in [1.54, 1.807) is 41.8 Å². The van der Waals surface area contributed by atoms with Gasteiger partial charge in [0.15, 0.2) is 0 Å². The smallest absolute Gasteiger partial charge is 0.291 e. The van der Waals surface area contributed by atoms with Gasteiger partial charge >= 0.3 is 0 Å². The Bertz CT molecular complexity index is 929. The molecule has 0 bridgehead atoms. The molecule has 0 saturated heterocycles. The van der Waals surface area contributed by atoms with E-state index in [0.717, 1.165) is 5.56 Å². The number of halogens is 1. The van der Waals surface area contributed by atoms with Gasteiger partial charge in [0.2, 0.25) is 5.91 Å². The molecule has 0 aliphatic rings. The van der Waals surface area contributed by atoms with Crippen LogP contribution in [0, 0.1) is 6.92 Å². The largest absolute Gasteiger partial charge is 0.350 e. The highest BCUT2D eigenvalue weighted by Crippen LogP contribution is 2.10. The van der Waals surface area contributed by atoms with Gasteiger partial charge in [0, 0.05) is 17.8 Å². The molecule has 0 saturated carbocycles. The van der Waals surface area contributed by atoms with Crippen LogP contribution in [-0.4, -0.2) is 20.1 Å². The van der Waals surface area contributed by atoms with E-state index in [4.69, 9.17) is 11.6 Å². The second-order valence-electron chi connectivity index (χ2n) is 5.18. The molecule has 1 N–H and O–H groups in total. The fourth-order valence-corrected chi connectivity index (χ4v) is 2.60. The second kappa shape index (κ2) is 6.26. The van der Waals surface area contributed by atoms with Crippen molar-refractivity contribution in [1.82, 2.24) is 19.5 Å². The molecule has 0 spiro atoms. The molecule has 3 rings (SSSR count). The molecule has 7 heteroatoms. The minimum absolute atomic E-state index is 0.123. The minimum Gasteiger partial charge on any atom is -0.350 e. The summed E-state index contributed by atoms with van der Waals surface area (Å²) in [5, 5.41) is 7.54. The first-order valence-corrected chi connectivity index (χ1v) is 7.48. The van der Waals surface area contributed by atoms with Crippen molar-refractivity contribution in [2.24, 2.45) is 0 Å². The third-order valence-corrected chi connectivity index (χ3v) is 3.72. The number of benzene rings is 1. The Morgan fingerprint density at radius 2 is 2.13 bits per heavy atom. The van der Waals surface area contributed by atoms with E-state index in [-0.39, 0.29) is 18.0 Å². The van der Waals surface area contributed by atoms with Crippen LogP contribution in [0.2, 0.25) is 5.02 Å². The lowest BCUT2D eigenvalue weighted by Crippen LogP contribution is -2.34. The van der Waals surface area contributed by atoms with Crippen LogP contribution in [0.1, 0.15) is 11.4 Å². The monoisotopic (exact) mass is 330 g/mol. The molecule has 118 valence electrons. The molecule has 6 nitrogen and oxygen atoms in total. The first-order chi connectivity index (χ1) is 11.0. The third-order valence-electron chi connectivity index (χ3n) is 3.49. The number of hydrogen-bond acceptors (Lipinski definition) is 3. The number of aromatic nitrogens is 3. The molecule has 0 unspecified atom stereocenters. The van der Waals surface area contributed by atoms with Gasteiger partial charge in [0.05, 0.1) is 0 Å². The molecule has 3 aromatic rings. The van der Waals surface area contributed by atoms with Gasteiger partial charge < -0.3 is 5.32 Å². The zero-order valence-corrected chi connectivity index (χ0v) is 13.2. The summed E-state index contributed by atoms with van der Waals surface area (Å²) in [6, 6.07) is 10.7. The molecular weight excluding hydrogens is 316 g/mol. The van der Waals surface area contributed by atoms with Gasteiger partial charge in [0.25, 0.3) is 5.56 Å². The van der Waals surface area contributed by atoms with Crippen LogP contribution in [0.3, 0.4) is 0 Å². The van der Waals surface area contributed by atoms with Crippen molar-refractivity contribution in [1.29, 1.82) is 0 Å². The maximum Gasteiger partial charge on any atom is 0.291 e. The number of fused-ring (bicyclic) bond motifs is 1. The number of carbonyl (C=O) groups is 1. The van der Waals surface area contributed by atoms with Crippen molar-refractivity contribution in [3.63, 3.8) is 0 Å². The van der Waals surface area contributed by atoms with Gasteiger partial charge in [-0.15, -0.1) is 0 Å². The van der Waals surface area contributed by atoms with E-state index in [1.165, 1.54) is 4.68 Å². The van der Waals surface area contributed by atoms with Gasteiger partial charge in [-0.1, -0.05) is 23.7 Å². The quantitative estimate of drug-likeness (QED) is 0.792. The van der Waals surface area contributed by atoms with Gasteiger partial charge in [-0.25, -0.2) is 4.68 Å². The molecule has 0 aliphatic heterocycles. The van der Waals surface area contributed by atoms with Gasteiger partial charge in [-0.05, 0) is 36.8 Å². The zero-order valence-electron chi connectivity index (χ0n) is 12.5. The average Bonchev–Trinajstić information content (AvgIpc) is 3.01. The third kappa shape index (κ3) is 3.27. The normalized spacial score (nSPS) is 10.9. The first kappa shape index (κ1) is 15.3. The molecule has 0 aliphatic carbocycles. The number of amides is 1. The molecule has 0 fully saturated rings. The molecule has 1 amide bonds. The topological polar surface area (TPSA) is 68.4 Å². The SMILES string of the molecule is Cc1nn(CC(=O)NCc2cccc(Cl)c2)c(=O)c2cccn12. The summed E-state index contributed by atoms with van der Waals surface area (Å²) in [6.45, 7) is 2.01. The van der Waals surface area contributed by atoms with E-state index in [9.17, 15) is 9.59 Å². The number of nitrogens with zero attached hydrogens (tertiary/aromatic N) is 3. The maximum atomic E-state index is 12.3. The van der Waals surface area contributed by atoms with Crippen LogP contribution >= 0.6 is 11.6 Å². The molecular formula is C16H15ClN4O2. The Morgan fingerprint density at radius 1 is 1.30 bits per heavy atom. The van der Waals surface area contributed by atoms with E-state index in [1.807, 2.05) is 12.1 Å². The summed E-state index contributed by atoms with van der Waals surface area (Å²) < 4.78 is 2.88. The van der Waals surface area contributed by atoms with Crippen LogP contribution in [0.5, 0.6) is 0 Å². The Labute approximate surface area is 137 Å². The first-order valence-electron chi connectivity index (χ1n) is 7.10. The molecule has 0 atom stereocenters. The van der Waals surface area contributed by atoms with Crippen molar-refractivity contribution in [3.8, 4) is 0 Å². The highest BCUT2D eigenvalue weighted by Gasteiger charge is 2.10. The van der Waals surface area contributed by atoms with Crippen molar-refractivity contribution in [2.75, 3.05) is 0 Å². The Morgan fingerprint density at radius 3 is 2.91 bits per heavy atom. The fourth-order valence-electron chi connectivity index (χ4n) is 2.38. The summed E-state index contributed by atoms with van der Waals surface area (Å²) in [7, 11) is 0. The predicted octanol–water partition coefficient (Wildman–Crippen LogP) is 1.77. The number of nitrogens with one attached hydrogen (secondary N) is 1. The highest BCUT2D eigenvalue weighted by molar-refractivity contribution is 6.30. The van der Waals surface area contributed by atoms with Crippen LogP contribution in [0.25, 0.3) is 5.52 Å². The molecule has 2 aromatic heterocycles. The van der Waals surface area contributed by atoms with E-state index >= 15 is 0 Å². The van der Waals surface area contributed by atoms with E-state index in [0.29, 0.717) is 22.9 Å². The minimum atomic E-state index is -0.293. The molecule has 2 heterocycles. The Hall–Kier alpha value is -2.60. The van der Waals surface area contributed by atoms with Gasteiger partial charge in [0.1, 0.15) is 17.9 Å². The Balaban J connectivity index is 1.73. The van der Waals surface area contributed by atoms with E-state index < -0.39 is 0 Å². The van der Waals surface area contributed by atoms with Crippen molar-refractivity contribution >= 4 is 23.0 Å². The standard InChI is InChI=1S/C16H15ClN4O2/c1-11-19-21(16(23)14-6-3-7-20(11)14)10-15(22)18-9-12-4-2-5-13(17)8-12/h2-8H,9-10H2,1H3,(H,18,22). The van der Waals surface area contributed by atoms with Crippen molar-refractivity contribution in [2.45, 2.75) is 20.0 Å². The molecule has 1 aromatic carbocycles. The van der Waals surface area contributed by atoms with Gasteiger partial charge in [-0.2, -0.15) is 5.10 Å². The Kier molecular flexibility index (Phi) is 4.16. The zero-order chi connectivity index (χ0) is 16.4. The van der Waals surface area contributed by atoms with Crippen LogP contribution < -0.4 is 10.9 Å². The fraction of sp³-hybridized carbons (Fsp3) is 0.188. The predicted molar refractivity (Wildman–Crippen MR) is 87.5 cm³/mol. The average molecular weight is 331 g/mol. The number of aryl methyl sites for hydroxylation is 1. The lowest BCUT2D eigenvalue weighted by molar-refractivity contribution is -0.122. The van der Waals surface area contributed by atoms with Crippen LogP contribution in [0.4, 0.5) is 0 Å². The second-order valence-corrected chi connectivity index (χ2v) is 5.62. The highest BCUT2D eigenvalue weighted by atomic mass is 35.5. The summed E-state index contributed by atoms with van der Waals surface area (Å²) in [5.74, 6) is 0.363. The lowest BCUT2D eigenvalue weighted by Gasteiger charge is -2.09. The molecule has 0 radical (unpaired) electrons. The van der Waals surface area contributed by atoms with Crippen molar-refractivity contribution < 1.29 is 4.79 Å². The summed E-state index contributed by atoms with van der Waals surface area (Å²) in [6.07, 6.45) is 1.77. The van der Waals surface area contributed by atoms with Crippen LogP contribution in [0.15, 0.2) is 47.4 Å². The van der Waals surface area contributed by atoms with E-state index in [2.05, 4.69) is 10.4 Å². The van der Waals surface area contributed by atoms with Crippen molar-refractivity contribution in [3.05, 3.63) is 69.4 Å². The lowest BCUT2D eigenvalue weighted by atomic mass is 10.2.